The Labute approximate surface area is 310 Å². The summed E-state index contributed by atoms with van der Waals surface area (Å²) in [6.45, 7) is 12.4. The fourth-order valence-electron chi connectivity index (χ4n) is 4.80. The number of ether oxygens (including phenoxy) is 2. The largest absolute Gasteiger partial charge is 0.478 e. The molecule has 1 aromatic carbocycles. The van der Waals surface area contributed by atoms with E-state index in [1.54, 1.807) is 12.2 Å². The fourth-order valence-corrected chi connectivity index (χ4v) is 4.80. The second-order valence-corrected chi connectivity index (χ2v) is 12.1. The number of unbranched alkanes of at least 4 members (excludes halogenated alkanes) is 16. The molecule has 0 radical (unpaired) electrons. The zero-order chi connectivity index (χ0) is 38.0. The summed E-state index contributed by atoms with van der Waals surface area (Å²) in [5.74, 6) is -0.974. The predicted octanol–water partition coefficient (Wildman–Crippen LogP) is 12.9. The Morgan fingerprint density at radius 1 is 0.647 bits per heavy atom. The summed E-state index contributed by atoms with van der Waals surface area (Å²) in [4.78, 5) is 31.3. The fraction of sp³-hybridized carbons (Fsp3) is 0.489. The van der Waals surface area contributed by atoms with Crippen LogP contribution in [-0.2, 0) is 25.5 Å². The summed E-state index contributed by atoms with van der Waals surface area (Å²) in [6, 6.07) is 7.79. The maximum absolute atomic E-state index is 11.3. The Bertz CT molecular complexity index is 1170. The van der Waals surface area contributed by atoms with Crippen LogP contribution >= 0.6 is 0 Å². The number of carbonyl (C=O) groups excluding carboxylic acids is 2. The number of carbonyl (C=O) groups is 3. The lowest BCUT2D eigenvalue weighted by atomic mass is 10.0. The summed E-state index contributed by atoms with van der Waals surface area (Å²) >= 11 is 0. The van der Waals surface area contributed by atoms with E-state index in [4.69, 9.17) is 9.84 Å². The molecule has 0 saturated carbocycles. The molecule has 0 atom stereocenters. The lowest BCUT2D eigenvalue weighted by molar-refractivity contribution is -0.135. The summed E-state index contributed by atoms with van der Waals surface area (Å²) in [5.41, 5.74) is 1.11. The Hall–Kier alpha value is -4.19. The van der Waals surface area contributed by atoms with E-state index >= 15 is 0 Å². The molecule has 0 aliphatic rings. The Morgan fingerprint density at radius 2 is 1.12 bits per heavy atom. The number of para-hydroxylation sites is 1. The van der Waals surface area contributed by atoms with Gasteiger partial charge in [0.25, 0.3) is 0 Å². The van der Waals surface area contributed by atoms with E-state index in [1.165, 1.54) is 122 Å². The van der Waals surface area contributed by atoms with Crippen molar-refractivity contribution in [2.24, 2.45) is 0 Å². The highest BCUT2D eigenvalue weighted by Crippen LogP contribution is 2.21. The van der Waals surface area contributed by atoms with Gasteiger partial charge in [-0.3, -0.25) is 4.79 Å². The van der Waals surface area contributed by atoms with Crippen LogP contribution in [0.4, 0.5) is 0 Å². The molecule has 6 heteroatoms. The van der Waals surface area contributed by atoms with Crippen LogP contribution in [0, 0.1) is 0 Å². The van der Waals surface area contributed by atoms with E-state index in [0.717, 1.165) is 37.2 Å². The van der Waals surface area contributed by atoms with Crippen LogP contribution in [-0.4, -0.2) is 23.0 Å². The lowest BCUT2D eigenvalue weighted by Gasteiger charge is -2.08. The molecule has 0 fully saturated rings. The lowest BCUT2D eigenvalue weighted by Crippen LogP contribution is -2.05. The average molecular weight is 705 g/mol. The minimum Gasteiger partial charge on any atom is -0.478 e. The molecule has 1 N–H and O–H groups in total. The minimum atomic E-state index is -0.931. The highest BCUT2D eigenvalue weighted by Gasteiger charge is 2.06. The summed E-state index contributed by atoms with van der Waals surface area (Å²) in [6.07, 6.45) is 45.4. The van der Waals surface area contributed by atoms with E-state index in [-0.39, 0.29) is 11.9 Å². The van der Waals surface area contributed by atoms with Gasteiger partial charge >= 0.3 is 17.9 Å². The van der Waals surface area contributed by atoms with Gasteiger partial charge in [-0.05, 0) is 37.3 Å². The van der Waals surface area contributed by atoms with Crippen LogP contribution in [0.1, 0.15) is 142 Å². The molecule has 1 rings (SSSR count). The normalized spacial score (nSPS) is 11.0. The van der Waals surface area contributed by atoms with Gasteiger partial charge < -0.3 is 14.6 Å². The SMILES string of the molecule is C=CC(=O)Oc1ccccc1CCCCCCCCCCCC.C=COC(C)=O.CCCCCCCCCC=CC=CC=CC=CC=CC(=O)O. The number of hydrogen-bond donors (Lipinski definition) is 1. The Kier molecular flexibility index (Phi) is 38.6. The first kappa shape index (κ1) is 48.9. The first-order chi connectivity index (χ1) is 24.8. The number of aryl methyl sites for hydroxylation is 1. The first-order valence-electron chi connectivity index (χ1n) is 19.1. The molecule has 0 aliphatic heterocycles. The van der Waals surface area contributed by atoms with Crippen molar-refractivity contribution in [1.29, 1.82) is 0 Å². The maximum atomic E-state index is 11.3. The Balaban J connectivity index is 0. The van der Waals surface area contributed by atoms with E-state index in [9.17, 15) is 14.4 Å². The van der Waals surface area contributed by atoms with E-state index < -0.39 is 5.97 Å². The molecule has 1 aromatic rings. The number of esters is 2. The number of benzene rings is 1. The second kappa shape index (κ2) is 40.2. The van der Waals surface area contributed by atoms with Gasteiger partial charge in [0.2, 0.25) is 0 Å². The summed E-state index contributed by atoms with van der Waals surface area (Å²) in [7, 11) is 0. The van der Waals surface area contributed by atoms with Gasteiger partial charge in [0.05, 0.1) is 6.26 Å². The molecule has 0 saturated heterocycles. The van der Waals surface area contributed by atoms with Gasteiger partial charge in [0, 0.05) is 19.1 Å². The molecular formula is C45H68O6. The summed E-state index contributed by atoms with van der Waals surface area (Å²) in [5, 5.41) is 8.38. The van der Waals surface area contributed by atoms with Crippen molar-refractivity contribution < 1.29 is 29.0 Å². The van der Waals surface area contributed by atoms with Crippen LogP contribution in [0.5, 0.6) is 5.75 Å². The monoisotopic (exact) mass is 705 g/mol. The van der Waals surface area contributed by atoms with E-state index in [2.05, 4.69) is 43.9 Å². The molecule has 0 aromatic heterocycles. The van der Waals surface area contributed by atoms with Crippen molar-refractivity contribution in [2.45, 2.75) is 143 Å². The van der Waals surface area contributed by atoms with Gasteiger partial charge in [-0.25, -0.2) is 9.59 Å². The van der Waals surface area contributed by atoms with Crippen molar-refractivity contribution in [3.63, 3.8) is 0 Å². The maximum Gasteiger partial charge on any atom is 0.335 e. The topological polar surface area (TPSA) is 89.9 Å². The molecule has 284 valence electrons. The number of carboxylic acids is 1. The third-order valence-corrected chi connectivity index (χ3v) is 7.53. The van der Waals surface area contributed by atoms with Crippen LogP contribution in [0.2, 0.25) is 0 Å². The highest BCUT2D eigenvalue weighted by molar-refractivity contribution is 5.83. The van der Waals surface area contributed by atoms with Crippen molar-refractivity contribution in [3.8, 4) is 5.75 Å². The van der Waals surface area contributed by atoms with Gasteiger partial charge in [-0.15, -0.1) is 0 Å². The number of aliphatic carboxylic acids is 1. The molecule has 0 bridgehead atoms. The van der Waals surface area contributed by atoms with Gasteiger partial charge in [-0.1, -0.05) is 196 Å². The standard InChI is InChI=1S/C21H32O2.C20H30O2.C4H6O2/c1-3-5-6-7-8-9-10-11-12-13-16-19-17-14-15-18-20(19)23-21(22)4-2;1-2-3-4-5-6-7-8-9-10-11-12-13-14-15-16-17-18-19-20(21)22;1-3-6-4(2)5/h4,14-15,17-18H,2-3,5-13,16H2,1H3;10-19H,2-9H2,1H3,(H,21,22);3H,1H2,2H3. The molecule has 0 spiro atoms. The van der Waals surface area contributed by atoms with Gasteiger partial charge in [0.15, 0.2) is 0 Å². The molecule has 6 nitrogen and oxygen atoms in total. The number of carboxylic acid groups (broad SMARTS) is 1. The Morgan fingerprint density at radius 3 is 1.59 bits per heavy atom. The third-order valence-electron chi connectivity index (χ3n) is 7.53. The van der Waals surface area contributed by atoms with Crippen LogP contribution < -0.4 is 4.74 Å². The van der Waals surface area contributed by atoms with Crippen molar-refractivity contribution in [3.05, 3.63) is 116 Å². The molecule has 0 unspecified atom stereocenters. The van der Waals surface area contributed by atoms with Gasteiger partial charge in [0.1, 0.15) is 5.75 Å². The van der Waals surface area contributed by atoms with E-state index in [1.807, 2.05) is 48.6 Å². The van der Waals surface area contributed by atoms with Crippen molar-refractivity contribution in [1.82, 2.24) is 0 Å². The first-order valence-corrected chi connectivity index (χ1v) is 19.1. The quantitative estimate of drug-likeness (QED) is 0.0245. The van der Waals surface area contributed by atoms with Crippen LogP contribution in [0.3, 0.4) is 0 Å². The third kappa shape index (κ3) is 40.1. The average Bonchev–Trinajstić information content (AvgIpc) is 3.11. The number of hydrogen-bond acceptors (Lipinski definition) is 5. The predicted molar refractivity (Wildman–Crippen MR) is 216 cm³/mol. The molecule has 51 heavy (non-hydrogen) atoms. The van der Waals surface area contributed by atoms with Gasteiger partial charge in [-0.2, -0.15) is 0 Å². The smallest absolute Gasteiger partial charge is 0.335 e. The minimum absolute atomic E-state index is 0.329. The molecular weight excluding hydrogens is 636 g/mol. The second-order valence-electron chi connectivity index (χ2n) is 12.1. The molecule has 0 amide bonds. The molecule has 0 aliphatic carbocycles. The van der Waals surface area contributed by atoms with Crippen molar-refractivity contribution >= 4 is 17.9 Å². The highest BCUT2D eigenvalue weighted by atomic mass is 16.5. The molecule has 0 heterocycles. The zero-order valence-corrected chi connectivity index (χ0v) is 32.1. The number of allylic oxidation sites excluding steroid dienone is 9. The number of rotatable bonds is 27. The van der Waals surface area contributed by atoms with E-state index in [0.29, 0.717) is 5.75 Å². The summed E-state index contributed by atoms with van der Waals surface area (Å²) < 4.78 is 9.45. The van der Waals surface area contributed by atoms with Crippen LogP contribution in [0.15, 0.2) is 111 Å². The zero-order valence-electron chi connectivity index (χ0n) is 32.1. The van der Waals surface area contributed by atoms with Crippen molar-refractivity contribution in [2.75, 3.05) is 0 Å². The van der Waals surface area contributed by atoms with Crippen LogP contribution in [0.25, 0.3) is 0 Å².